The Morgan fingerprint density at radius 3 is 2.89 bits per heavy atom. The summed E-state index contributed by atoms with van der Waals surface area (Å²) in [7, 11) is 1.74. The predicted molar refractivity (Wildman–Crippen MR) is 74.7 cm³/mol. The van der Waals surface area contributed by atoms with E-state index in [0.717, 1.165) is 19.6 Å². The zero-order valence-corrected chi connectivity index (χ0v) is 11.0. The van der Waals surface area contributed by atoms with E-state index in [2.05, 4.69) is 35.4 Å². The van der Waals surface area contributed by atoms with Gasteiger partial charge in [-0.05, 0) is 23.9 Å². The number of benzene rings is 1. The Kier molecular flexibility index (Phi) is 4.67. The topological polar surface area (TPSA) is 34.1 Å². The number of hydrogen-bond donors (Lipinski definition) is 1. The summed E-state index contributed by atoms with van der Waals surface area (Å²) in [6, 6.07) is 8.68. The SMILES string of the molecule is CCNC(CCOC)c1cncc2ccccc12. The molecule has 0 bridgehead atoms. The van der Waals surface area contributed by atoms with Crippen LogP contribution in [0.4, 0.5) is 0 Å². The van der Waals surface area contributed by atoms with E-state index in [4.69, 9.17) is 4.74 Å². The van der Waals surface area contributed by atoms with E-state index in [1.54, 1.807) is 7.11 Å². The number of nitrogens with zero attached hydrogens (tertiary/aromatic N) is 1. The standard InChI is InChI=1S/C15H20N2O/c1-3-17-15(8-9-18-2)14-11-16-10-12-6-4-5-7-13(12)14/h4-7,10-11,15,17H,3,8-9H2,1-2H3. The first-order valence-electron chi connectivity index (χ1n) is 6.41. The van der Waals surface area contributed by atoms with Crippen LogP contribution in [0.2, 0.25) is 0 Å². The molecule has 0 radical (unpaired) electrons. The van der Waals surface area contributed by atoms with Gasteiger partial charge in [-0.2, -0.15) is 0 Å². The van der Waals surface area contributed by atoms with E-state index < -0.39 is 0 Å². The number of fused-ring (bicyclic) bond motifs is 1. The van der Waals surface area contributed by atoms with Gasteiger partial charge in [0, 0.05) is 37.5 Å². The lowest BCUT2D eigenvalue weighted by Crippen LogP contribution is -2.22. The van der Waals surface area contributed by atoms with Crippen molar-refractivity contribution in [1.82, 2.24) is 10.3 Å². The number of ether oxygens (including phenoxy) is 1. The quantitative estimate of drug-likeness (QED) is 0.848. The van der Waals surface area contributed by atoms with Crippen molar-refractivity contribution in [2.24, 2.45) is 0 Å². The minimum atomic E-state index is 0.300. The van der Waals surface area contributed by atoms with Crippen molar-refractivity contribution >= 4 is 10.8 Å². The third-order valence-electron chi connectivity index (χ3n) is 3.14. The molecule has 2 rings (SSSR count). The third kappa shape index (κ3) is 2.86. The summed E-state index contributed by atoms with van der Waals surface area (Å²) in [4.78, 5) is 4.34. The Bertz CT molecular complexity index is 493. The van der Waals surface area contributed by atoms with E-state index in [9.17, 15) is 0 Å². The molecule has 0 aliphatic rings. The van der Waals surface area contributed by atoms with Gasteiger partial charge in [-0.1, -0.05) is 31.2 Å². The highest BCUT2D eigenvalue weighted by molar-refractivity contribution is 5.85. The van der Waals surface area contributed by atoms with E-state index >= 15 is 0 Å². The first-order chi connectivity index (χ1) is 8.86. The first-order valence-corrected chi connectivity index (χ1v) is 6.41. The van der Waals surface area contributed by atoms with E-state index in [1.807, 2.05) is 18.5 Å². The number of rotatable bonds is 6. The highest BCUT2D eigenvalue weighted by atomic mass is 16.5. The fourth-order valence-corrected chi connectivity index (χ4v) is 2.27. The maximum absolute atomic E-state index is 5.19. The van der Waals surface area contributed by atoms with Gasteiger partial charge in [0.15, 0.2) is 0 Å². The molecule has 0 fully saturated rings. The number of hydrogen-bond acceptors (Lipinski definition) is 3. The molecule has 0 spiro atoms. The molecule has 1 N–H and O–H groups in total. The Labute approximate surface area is 108 Å². The van der Waals surface area contributed by atoms with Crippen LogP contribution in [0, 0.1) is 0 Å². The largest absolute Gasteiger partial charge is 0.385 e. The number of pyridine rings is 1. The van der Waals surface area contributed by atoms with Crippen molar-refractivity contribution in [1.29, 1.82) is 0 Å². The molecular weight excluding hydrogens is 224 g/mol. The summed E-state index contributed by atoms with van der Waals surface area (Å²) in [5.41, 5.74) is 1.26. The van der Waals surface area contributed by atoms with Crippen LogP contribution in [0.1, 0.15) is 24.9 Å². The van der Waals surface area contributed by atoms with Gasteiger partial charge in [-0.15, -0.1) is 0 Å². The lowest BCUT2D eigenvalue weighted by atomic mass is 9.99. The van der Waals surface area contributed by atoms with Crippen molar-refractivity contribution < 1.29 is 4.74 Å². The summed E-state index contributed by atoms with van der Waals surface area (Å²) in [6.07, 6.45) is 4.84. The lowest BCUT2D eigenvalue weighted by Gasteiger charge is -2.19. The lowest BCUT2D eigenvalue weighted by molar-refractivity contribution is 0.183. The second-order valence-electron chi connectivity index (χ2n) is 4.34. The Hall–Kier alpha value is -1.45. The van der Waals surface area contributed by atoms with E-state index in [1.165, 1.54) is 16.3 Å². The maximum Gasteiger partial charge on any atom is 0.0480 e. The number of methoxy groups -OCH3 is 1. The van der Waals surface area contributed by atoms with Crippen LogP contribution in [0.5, 0.6) is 0 Å². The zero-order valence-electron chi connectivity index (χ0n) is 11.0. The van der Waals surface area contributed by atoms with Crippen molar-refractivity contribution in [2.75, 3.05) is 20.3 Å². The molecule has 18 heavy (non-hydrogen) atoms. The van der Waals surface area contributed by atoms with Gasteiger partial charge < -0.3 is 10.1 Å². The number of aromatic nitrogens is 1. The molecule has 1 aromatic heterocycles. The summed E-state index contributed by atoms with van der Waals surface area (Å²) in [6.45, 7) is 3.82. The Morgan fingerprint density at radius 1 is 1.28 bits per heavy atom. The summed E-state index contributed by atoms with van der Waals surface area (Å²) < 4.78 is 5.19. The Balaban J connectivity index is 2.36. The van der Waals surface area contributed by atoms with Gasteiger partial charge in [0.25, 0.3) is 0 Å². The average Bonchev–Trinajstić information content (AvgIpc) is 2.43. The predicted octanol–water partition coefficient (Wildman–Crippen LogP) is 2.92. The van der Waals surface area contributed by atoms with Crippen LogP contribution in [0.25, 0.3) is 10.8 Å². The molecule has 0 amide bonds. The fourth-order valence-electron chi connectivity index (χ4n) is 2.27. The maximum atomic E-state index is 5.19. The molecule has 96 valence electrons. The first kappa shape index (κ1) is 13.0. The van der Waals surface area contributed by atoms with Crippen molar-refractivity contribution in [3.8, 4) is 0 Å². The molecule has 3 nitrogen and oxygen atoms in total. The smallest absolute Gasteiger partial charge is 0.0480 e. The zero-order chi connectivity index (χ0) is 12.8. The van der Waals surface area contributed by atoms with Crippen LogP contribution in [-0.4, -0.2) is 25.2 Å². The van der Waals surface area contributed by atoms with Crippen molar-refractivity contribution in [3.63, 3.8) is 0 Å². The molecule has 1 unspecified atom stereocenters. The normalized spacial score (nSPS) is 12.8. The molecular formula is C15H20N2O. The number of nitrogens with one attached hydrogen (secondary N) is 1. The summed E-state index contributed by atoms with van der Waals surface area (Å²) in [5, 5.41) is 5.97. The van der Waals surface area contributed by atoms with Gasteiger partial charge in [-0.3, -0.25) is 4.98 Å². The molecule has 0 aliphatic heterocycles. The third-order valence-corrected chi connectivity index (χ3v) is 3.14. The molecule has 1 atom stereocenters. The minimum absolute atomic E-state index is 0.300. The molecule has 1 aromatic carbocycles. The van der Waals surface area contributed by atoms with Gasteiger partial charge in [0.2, 0.25) is 0 Å². The second kappa shape index (κ2) is 6.47. The average molecular weight is 244 g/mol. The van der Waals surface area contributed by atoms with Gasteiger partial charge in [-0.25, -0.2) is 0 Å². The second-order valence-corrected chi connectivity index (χ2v) is 4.34. The van der Waals surface area contributed by atoms with Crippen molar-refractivity contribution in [2.45, 2.75) is 19.4 Å². The molecule has 3 heteroatoms. The van der Waals surface area contributed by atoms with Crippen LogP contribution in [-0.2, 0) is 4.74 Å². The molecule has 0 saturated heterocycles. The highest BCUT2D eigenvalue weighted by Gasteiger charge is 2.13. The molecule has 0 saturated carbocycles. The van der Waals surface area contributed by atoms with E-state index in [-0.39, 0.29) is 0 Å². The fraction of sp³-hybridized carbons (Fsp3) is 0.400. The Morgan fingerprint density at radius 2 is 2.11 bits per heavy atom. The van der Waals surface area contributed by atoms with Crippen LogP contribution in [0.3, 0.4) is 0 Å². The van der Waals surface area contributed by atoms with Crippen LogP contribution < -0.4 is 5.32 Å². The van der Waals surface area contributed by atoms with Gasteiger partial charge in [0.1, 0.15) is 0 Å². The summed E-state index contributed by atoms with van der Waals surface area (Å²) >= 11 is 0. The van der Waals surface area contributed by atoms with Gasteiger partial charge >= 0.3 is 0 Å². The van der Waals surface area contributed by atoms with E-state index in [0.29, 0.717) is 6.04 Å². The van der Waals surface area contributed by atoms with Crippen molar-refractivity contribution in [3.05, 3.63) is 42.2 Å². The minimum Gasteiger partial charge on any atom is -0.385 e. The molecule has 0 aliphatic carbocycles. The van der Waals surface area contributed by atoms with Crippen LogP contribution in [0.15, 0.2) is 36.7 Å². The highest BCUT2D eigenvalue weighted by Crippen LogP contribution is 2.25. The molecule has 1 heterocycles. The summed E-state index contributed by atoms with van der Waals surface area (Å²) in [5.74, 6) is 0. The molecule has 2 aromatic rings. The van der Waals surface area contributed by atoms with Crippen LogP contribution >= 0.6 is 0 Å². The monoisotopic (exact) mass is 244 g/mol. The van der Waals surface area contributed by atoms with Gasteiger partial charge in [0.05, 0.1) is 0 Å².